The predicted molar refractivity (Wildman–Crippen MR) is 122 cm³/mol. The van der Waals surface area contributed by atoms with Gasteiger partial charge in [-0.1, -0.05) is 17.4 Å². The van der Waals surface area contributed by atoms with Crippen LogP contribution in [-0.4, -0.2) is 25.6 Å². The lowest BCUT2D eigenvalue weighted by Gasteiger charge is -2.06. The number of thiazole rings is 1. The van der Waals surface area contributed by atoms with Gasteiger partial charge in [-0.25, -0.2) is 13.4 Å². The number of ether oxygens (including phenoxy) is 1. The molecule has 9 heteroatoms. The Morgan fingerprint density at radius 2 is 1.97 bits per heavy atom. The molecule has 1 amide bonds. The van der Waals surface area contributed by atoms with Gasteiger partial charge in [-0.3, -0.25) is 10.1 Å². The number of aromatic nitrogens is 1. The number of aryl methyl sites for hydroxylation is 2. The maximum absolute atomic E-state index is 12.6. The van der Waals surface area contributed by atoms with Crippen molar-refractivity contribution in [3.8, 4) is 5.75 Å². The molecule has 0 unspecified atom stereocenters. The molecule has 164 valence electrons. The second kappa shape index (κ2) is 8.07. The predicted octanol–water partition coefficient (Wildman–Crippen LogP) is 4.61. The summed E-state index contributed by atoms with van der Waals surface area (Å²) >= 11 is 1.20. The fourth-order valence-electron chi connectivity index (χ4n) is 3.72. The van der Waals surface area contributed by atoms with Gasteiger partial charge in [0.25, 0.3) is 5.91 Å². The quantitative estimate of drug-likeness (QED) is 0.444. The van der Waals surface area contributed by atoms with Crippen LogP contribution < -0.4 is 10.1 Å². The first-order valence-corrected chi connectivity index (χ1v) is 12.8. The number of benzene rings is 2. The number of carbonyl (C=O) groups excluding carboxylic acids is 1. The number of fused-ring (bicyclic) bond motifs is 2. The van der Waals surface area contributed by atoms with E-state index >= 15 is 0 Å². The van der Waals surface area contributed by atoms with Crippen molar-refractivity contribution in [2.45, 2.75) is 30.8 Å². The Bertz CT molecular complexity index is 1440. The summed E-state index contributed by atoms with van der Waals surface area (Å²) in [5.41, 5.74) is 3.33. The maximum atomic E-state index is 12.6. The Morgan fingerprint density at radius 1 is 1.12 bits per heavy atom. The molecule has 5 rings (SSSR count). The van der Waals surface area contributed by atoms with Crippen molar-refractivity contribution < 1.29 is 22.4 Å². The molecule has 0 atom stereocenters. The van der Waals surface area contributed by atoms with E-state index in [2.05, 4.69) is 22.4 Å². The fraction of sp³-hybridized carbons (Fsp3) is 0.217. The number of hydrogen-bond acceptors (Lipinski definition) is 7. The van der Waals surface area contributed by atoms with Crippen LogP contribution in [0.15, 0.2) is 57.8 Å². The lowest BCUT2D eigenvalue weighted by Crippen LogP contribution is -2.10. The van der Waals surface area contributed by atoms with Crippen molar-refractivity contribution in [2.24, 2.45) is 0 Å². The molecule has 1 aliphatic carbocycles. The minimum Gasteiger partial charge on any atom is -0.486 e. The normalized spacial score (nSPS) is 13.3. The molecule has 0 saturated carbocycles. The maximum Gasteiger partial charge on any atom is 0.293 e. The number of furan rings is 1. The fourth-order valence-corrected chi connectivity index (χ4v) is 5.34. The molecule has 7 nitrogen and oxygen atoms in total. The highest BCUT2D eigenvalue weighted by Crippen LogP contribution is 2.29. The molecular formula is C23H20N2O5S2. The minimum absolute atomic E-state index is 0.147. The van der Waals surface area contributed by atoms with E-state index in [0.717, 1.165) is 24.8 Å². The number of amides is 1. The van der Waals surface area contributed by atoms with Crippen LogP contribution in [0.25, 0.3) is 10.2 Å². The Hall–Kier alpha value is -3.17. The average Bonchev–Trinajstić information content (AvgIpc) is 3.49. The molecule has 1 N–H and O–H groups in total. The van der Waals surface area contributed by atoms with Crippen LogP contribution in [0.1, 0.15) is 33.9 Å². The summed E-state index contributed by atoms with van der Waals surface area (Å²) in [5, 5.41) is 3.07. The van der Waals surface area contributed by atoms with E-state index < -0.39 is 15.7 Å². The van der Waals surface area contributed by atoms with Gasteiger partial charge >= 0.3 is 0 Å². The zero-order valence-corrected chi connectivity index (χ0v) is 18.9. The van der Waals surface area contributed by atoms with Crippen LogP contribution >= 0.6 is 11.3 Å². The highest BCUT2D eigenvalue weighted by Gasteiger charge is 2.16. The van der Waals surface area contributed by atoms with Gasteiger partial charge in [-0.15, -0.1) is 0 Å². The van der Waals surface area contributed by atoms with Crippen molar-refractivity contribution in [2.75, 3.05) is 11.6 Å². The highest BCUT2D eigenvalue weighted by molar-refractivity contribution is 7.90. The molecule has 2 aromatic carbocycles. The zero-order chi connectivity index (χ0) is 22.3. The van der Waals surface area contributed by atoms with E-state index in [1.807, 2.05) is 6.07 Å². The van der Waals surface area contributed by atoms with Crippen LogP contribution in [0, 0.1) is 0 Å². The number of sulfone groups is 1. The molecule has 0 fully saturated rings. The lowest BCUT2D eigenvalue weighted by atomic mass is 10.1. The first-order valence-electron chi connectivity index (χ1n) is 10.1. The first kappa shape index (κ1) is 20.7. The molecule has 0 aliphatic heterocycles. The van der Waals surface area contributed by atoms with E-state index in [4.69, 9.17) is 9.15 Å². The topological polar surface area (TPSA) is 98.5 Å². The molecule has 0 radical (unpaired) electrons. The average molecular weight is 469 g/mol. The third-order valence-corrected chi connectivity index (χ3v) is 7.39. The van der Waals surface area contributed by atoms with Gasteiger partial charge < -0.3 is 9.15 Å². The second-order valence-corrected chi connectivity index (χ2v) is 10.8. The first-order chi connectivity index (χ1) is 15.3. The Morgan fingerprint density at radius 3 is 2.81 bits per heavy atom. The number of carbonyl (C=O) groups is 1. The summed E-state index contributed by atoms with van der Waals surface area (Å²) in [6.45, 7) is 0.224. The Kier molecular flexibility index (Phi) is 5.22. The molecule has 0 spiro atoms. The monoisotopic (exact) mass is 468 g/mol. The smallest absolute Gasteiger partial charge is 0.293 e. The number of anilines is 1. The van der Waals surface area contributed by atoms with Crippen molar-refractivity contribution in [3.05, 3.63) is 71.2 Å². The second-order valence-electron chi connectivity index (χ2n) is 7.71. The Balaban J connectivity index is 1.24. The SMILES string of the molecule is CS(=O)(=O)c1ccc2nc(NC(=O)c3ccc(COc4ccc5c(c4)CCC5)o3)sc2c1. The highest BCUT2D eigenvalue weighted by atomic mass is 32.2. The van der Waals surface area contributed by atoms with E-state index in [-0.39, 0.29) is 17.3 Å². The van der Waals surface area contributed by atoms with E-state index in [0.29, 0.717) is 21.1 Å². The van der Waals surface area contributed by atoms with Crippen molar-refractivity contribution in [1.29, 1.82) is 0 Å². The van der Waals surface area contributed by atoms with Gasteiger partial charge in [0.1, 0.15) is 18.1 Å². The molecule has 0 bridgehead atoms. The summed E-state index contributed by atoms with van der Waals surface area (Å²) < 4.78 is 35.6. The summed E-state index contributed by atoms with van der Waals surface area (Å²) in [7, 11) is -3.31. The minimum atomic E-state index is -3.31. The molecule has 0 saturated heterocycles. The summed E-state index contributed by atoms with van der Waals surface area (Å²) in [5.74, 6) is 1.04. The third-order valence-electron chi connectivity index (χ3n) is 5.35. The van der Waals surface area contributed by atoms with Crippen LogP contribution in [0.5, 0.6) is 5.75 Å². The molecule has 32 heavy (non-hydrogen) atoms. The van der Waals surface area contributed by atoms with Gasteiger partial charge in [-0.2, -0.15) is 0 Å². The standard InChI is InChI=1S/C23H20N2O5S2/c1-32(27,28)18-8-9-19-21(12-18)31-23(24-19)25-22(26)20-10-7-17(30-20)13-29-16-6-5-14-3-2-4-15(14)11-16/h5-12H,2-4,13H2,1H3,(H,24,25,26). The van der Waals surface area contributed by atoms with Crippen LogP contribution in [-0.2, 0) is 29.3 Å². The Labute approximate surface area is 189 Å². The zero-order valence-electron chi connectivity index (χ0n) is 17.3. The largest absolute Gasteiger partial charge is 0.486 e. The summed E-state index contributed by atoms with van der Waals surface area (Å²) in [6, 6.07) is 14.1. The third kappa shape index (κ3) is 4.26. The summed E-state index contributed by atoms with van der Waals surface area (Å²) in [4.78, 5) is 17.1. The van der Waals surface area contributed by atoms with Crippen molar-refractivity contribution in [3.63, 3.8) is 0 Å². The molecule has 2 aromatic heterocycles. The van der Waals surface area contributed by atoms with Crippen LogP contribution in [0.4, 0.5) is 5.13 Å². The molecule has 1 aliphatic rings. The van der Waals surface area contributed by atoms with Gasteiger partial charge in [-0.05, 0) is 72.9 Å². The molecule has 4 aromatic rings. The van der Waals surface area contributed by atoms with Crippen molar-refractivity contribution >= 4 is 42.4 Å². The lowest BCUT2D eigenvalue weighted by molar-refractivity contribution is 0.0992. The van der Waals surface area contributed by atoms with E-state index in [1.54, 1.807) is 24.3 Å². The van der Waals surface area contributed by atoms with Crippen molar-refractivity contribution in [1.82, 2.24) is 4.98 Å². The van der Waals surface area contributed by atoms with Gasteiger partial charge in [0.05, 0.1) is 15.1 Å². The molecular weight excluding hydrogens is 448 g/mol. The van der Waals surface area contributed by atoms with E-state index in [9.17, 15) is 13.2 Å². The summed E-state index contributed by atoms with van der Waals surface area (Å²) in [6.07, 6.45) is 4.54. The van der Waals surface area contributed by atoms with Crippen LogP contribution in [0.2, 0.25) is 0 Å². The number of nitrogens with zero attached hydrogens (tertiary/aromatic N) is 1. The van der Waals surface area contributed by atoms with Gasteiger partial charge in [0.2, 0.25) is 0 Å². The van der Waals surface area contributed by atoms with E-state index in [1.165, 1.54) is 35.0 Å². The van der Waals surface area contributed by atoms with Gasteiger partial charge in [0, 0.05) is 6.26 Å². The number of hydrogen-bond donors (Lipinski definition) is 1. The van der Waals surface area contributed by atoms with Gasteiger partial charge in [0.15, 0.2) is 20.7 Å². The number of rotatable bonds is 6. The number of nitrogens with one attached hydrogen (secondary N) is 1. The molecule has 2 heterocycles. The van der Waals surface area contributed by atoms with Crippen LogP contribution in [0.3, 0.4) is 0 Å².